The van der Waals surface area contributed by atoms with Crippen molar-refractivity contribution in [1.29, 1.82) is 0 Å². The first kappa shape index (κ1) is 18.2. The van der Waals surface area contributed by atoms with Gasteiger partial charge in [0.2, 0.25) is 0 Å². The van der Waals surface area contributed by atoms with Crippen LogP contribution in [0.4, 0.5) is 0 Å². The van der Waals surface area contributed by atoms with E-state index in [-0.39, 0.29) is 5.92 Å². The molecular formula is C20H31NO2. The van der Waals surface area contributed by atoms with Crippen LogP contribution in [-0.4, -0.2) is 24.0 Å². The number of rotatable bonds is 9. The predicted octanol–water partition coefficient (Wildman–Crippen LogP) is 3.73. The standard InChI is InChI=1S/C20H31NO2/c21-15-17-8-12-19(13-9-17)20(23)18-10-6-16(7-11-18)5-3-1-2-4-14-22/h6-7,10-11,17,19,22H,1-5,8-9,12-15,21H2. The van der Waals surface area contributed by atoms with Crippen LogP contribution in [0.25, 0.3) is 0 Å². The molecule has 0 atom stereocenters. The quantitative estimate of drug-likeness (QED) is 0.539. The van der Waals surface area contributed by atoms with Gasteiger partial charge >= 0.3 is 0 Å². The molecule has 1 aromatic carbocycles. The molecule has 23 heavy (non-hydrogen) atoms. The van der Waals surface area contributed by atoms with Crippen LogP contribution in [0.1, 0.15) is 67.3 Å². The Morgan fingerprint density at radius 1 is 1.00 bits per heavy atom. The highest BCUT2D eigenvalue weighted by Crippen LogP contribution is 2.30. The molecule has 3 nitrogen and oxygen atoms in total. The highest BCUT2D eigenvalue weighted by Gasteiger charge is 2.26. The third-order valence-corrected chi connectivity index (χ3v) is 5.16. The van der Waals surface area contributed by atoms with Crippen molar-refractivity contribution in [3.63, 3.8) is 0 Å². The molecule has 1 aliphatic rings. The summed E-state index contributed by atoms with van der Waals surface area (Å²) >= 11 is 0. The van der Waals surface area contributed by atoms with E-state index in [9.17, 15) is 4.79 Å². The zero-order chi connectivity index (χ0) is 16.5. The maximum Gasteiger partial charge on any atom is 0.165 e. The average Bonchev–Trinajstić information content (AvgIpc) is 2.61. The Kier molecular flexibility index (Phi) is 7.77. The first-order chi connectivity index (χ1) is 11.2. The fourth-order valence-corrected chi connectivity index (χ4v) is 3.53. The molecule has 1 saturated carbocycles. The van der Waals surface area contributed by atoms with Crippen LogP contribution >= 0.6 is 0 Å². The minimum absolute atomic E-state index is 0.196. The van der Waals surface area contributed by atoms with Crippen LogP contribution in [0.2, 0.25) is 0 Å². The Morgan fingerprint density at radius 3 is 2.26 bits per heavy atom. The Balaban J connectivity index is 1.78. The second-order valence-corrected chi connectivity index (χ2v) is 6.90. The number of aryl methyl sites for hydroxylation is 1. The average molecular weight is 317 g/mol. The van der Waals surface area contributed by atoms with Crippen LogP contribution in [0, 0.1) is 11.8 Å². The van der Waals surface area contributed by atoms with Gasteiger partial charge in [-0.25, -0.2) is 0 Å². The van der Waals surface area contributed by atoms with Gasteiger partial charge in [-0.2, -0.15) is 0 Å². The van der Waals surface area contributed by atoms with E-state index in [0.717, 1.165) is 69.9 Å². The number of carbonyl (C=O) groups is 1. The Morgan fingerprint density at radius 2 is 1.65 bits per heavy atom. The van der Waals surface area contributed by atoms with Crippen molar-refractivity contribution < 1.29 is 9.90 Å². The highest BCUT2D eigenvalue weighted by molar-refractivity contribution is 5.97. The number of hydrogen-bond acceptors (Lipinski definition) is 3. The summed E-state index contributed by atoms with van der Waals surface area (Å²) in [6.07, 6.45) is 9.54. The third kappa shape index (κ3) is 5.74. The number of carbonyl (C=O) groups excluding carboxylic acids is 1. The van der Waals surface area contributed by atoms with E-state index >= 15 is 0 Å². The van der Waals surface area contributed by atoms with Crippen molar-refractivity contribution in [2.75, 3.05) is 13.2 Å². The van der Waals surface area contributed by atoms with Crippen molar-refractivity contribution in [2.24, 2.45) is 17.6 Å². The first-order valence-electron chi connectivity index (χ1n) is 9.18. The number of aliphatic hydroxyl groups is 1. The molecule has 1 fully saturated rings. The lowest BCUT2D eigenvalue weighted by molar-refractivity contribution is 0.0873. The molecule has 0 spiro atoms. The minimum atomic E-state index is 0.196. The lowest BCUT2D eigenvalue weighted by Crippen LogP contribution is -2.25. The monoisotopic (exact) mass is 317 g/mol. The maximum atomic E-state index is 12.6. The Bertz CT molecular complexity index is 461. The fraction of sp³-hybridized carbons (Fsp3) is 0.650. The van der Waals surface area contributed by atoms with Gasteiger partial charge in [0.25, 0.3) is 0 Å². The number of nitrogens with two attached hydrogens (primary N) is 1. The molecule has 0 saturated heterocycles. The van der Waals surface area contributed by atoms with Gasteiger partial charge in [0.1, 0.15) is 0 Å². The van der Waals surface area contributed by atoms with E-state index < -0.39 is 0 Å². The summed E-state index contributed by atoms with van der Waals surface area (Å²) in [6.45, 7) is 1.05. The SMILES string of the molecule is NCC1CCC(C(=O)c2ccc(CCCCCCO)cc2)CC1. The van der Waals surface area contributed by atoms with Crippen LogP contribution in [-0.2, 0) is 6.42 Å². The molecule has 0 radical (unpaired) electrons. The fourth-order valence-electron chi connectivity index (χ4n) is 3.53. The van der Waals surface area contributed by atoms with E-state index in [4.69, 9.17) is 10.8 Å². The maximum absolute atomic E-state index is 12.6. The zero-order valence-corrected chi connectivity index (χ0v) is 14.2. The third-order valence-electron chi connectivity index (χ3n) is 5.16. The second kappa shape index (κ2) is 9.84. The van der Waals surface area contributed by atoms with Gasteiger partial charge in [-0.1, -0.05) is 37.1 Å². The summed E-state index contributed by atoms with van der Waals surface area (Å²) in [5.41, 5.74) is 7.89. The normalized spacial score (nSPS) is 21.3. The summed E-state index contributed by atoms with van der Waals surface area (Å²) < 4.78 is 0. The summed E-state index contributed by atoms with van der Waals surface area (Å²) in [6, 6.07) is 8.20. The number of ketones is 1. The van der Waals surface area contributed by atoms with Gasteiger partial charge < -0.3 is 10.8 Å². The van der Waals surface area contributed by atoms with E-state index in [0.29, 0.717) is 18.3 Å². The number of hydrogen-bond donors (Lipinski definition) is 2. The molecule has 0 heterocycles. The van der Waals surface area contributed by atoms with E-state index in [1.165, 1.54) is 5.56 Å². The van der Waals surface area contributed by atoms with E-state index in [1.807, 2.05) is 12.1 Å². The molecule has 1 aliphatic carbocycles. The van der Waals surface area contributed by atoms with Crippen LogP contribution in [0.15, 0.2) is 24.3 Å². The van der Waals surface area contributed by atoms with Crippen molar-refractivity contribution >= 4 is 5.78 Å². The molecule has 128 valence electrons. The van der Waals surface area contributed by atoms with Gasteiger partial charge in [0.15, 0.2) is 5.78 Å². The molecule has 2 rings (SSSR count). The number of benzene rings is 1. The predicted molar refractivity (Wildman–Crippen MR) is 94.5 cm³/mol. The van der Waals surface area contributed by atoms with Crippen LogP contribution in [0.3, 0.4) is 0 Å². The molecular weight excluding hydrogens is 286 g/mol. The van der Waals surface area contributed by atoms with Gasteiger partial charge in [0, 0.05) is 18.1 Å². The van der Waals surface area contributed by atoms with Gasteiger partial charge in [-0.05, 0) is 63.0 Å². The lowest BCUT2D eigenvalue weighted by atomic mass is 9.78. The van der Waals surface area contributed by atoms with Gasteiger partial charge in [0.05, 0.1) is 0 Å². The minimum Gasteiger partial charge on any atom is -0.396 e. The zero-order valence-electron chi connectivity index (χ0n) is 14.2. The first-order valence-corrected chi connectivity index (χ1v) is 9.18. The smallest absolute Gasteiger partial charge is 0.165 e. The molecule has 1 aromatic rings. The molecule has 3 N–H and O–H groups in total. The summed E-state index contributed by atoms with van der Waals surface area (Å²) in [4.78, 5) is 12.6. The highest BCUT2D eigenvalue weighted by atomic mass is 16.2. The van der Waals surface area contributed by atoms with Crippen molar-refractivity contribution in [3.8, 4) is 0 Å². The lowest BCUT2D eigenvalue weighted by Gasteiger charge is -2.26. The van der Waals surface area contributed by atoms with Crippen LogP contribution < -0.4 is 5.73 Å². The van der Waals surface area contributed by atoms with Gasteiger partial charge in [-0.3, -0.25) is 4.79 Å². The molecule has 0 bridgehead atoms. The van der Waals surface area contributed by atoms with E-state index in [2.05, 4.69) is 12.1 Å². The summed E-state index contributed by atoms with van der Waals surface area (Å²) in [5, 5.41) is 8.76. The topological polar surface area (TPSA) is 63.3 Å². The summed E-state index contributed by atoms with van der Waals surface area (Å²) in [7, 11) is 0. The Hall–Kier alpha value is -1.19. The number of aliphatic hydroxyl groups excluding tert-OH is 1. The van der Waals surface area contributed by atoms with Gasteiger partial charge in [-0.15, -0.1) is 0 Å². The van der Waals surface area contributed by atoms with Crippen molar-refractivity contribution in [3.05, 3.63) is 35.4 Å². The Labute approximate surface area is 140 Å². The molecule has 0 amide bonds. The second-order valence-electron chi connectivity index (χ2n) is 6.90. The molecule has 0 unspecified atom stereocenters. The molecule has 0 aliphatic heterocycles. The van der Waals surface area contributed by atoms with Crippen LogP contribution in [0.5, 0.6) is 0 Å². The van der Waals surface area contributed by atoms with Crippen molar-refractivity contribution in [1.82, 2.24) is 0 Å². The number of Topliss-reactive ketones (excluding diaryl/α,β-unsaturated/α-hetero) is 1. The largest absolute Gasteiger partial charge is 0.396 e. The summed E-state index contributed by atoms with van der Waals surface area (Å²) in [5.74, 6) is 1.13. The molecule has 0 aromatic heterocycles. The molecule has 3 heteroatoms. The van der Waals surface area contributed by atoms with E-state index in [1.54, 1.807) is 0 Å². The number of unbranched alkanes of at least 4 members (excludes halogenated alkanes) is 3. The van der Waals surface area contributed by atoms with Crippen molar-refractivity contribution in [2.45, 2.75) is 57.8 Å².